The summed E-state index contributed by atoms with van der Waals surface area (Å²) in [4.78, 5) is 19.4. The minimum atomic E-state index is -0.576. The maximum Gasteiger partial charge on any atom is 0.273 e. The Hall–Kier alpha value is -4.20. The second kappa shape index (κ2) is 8.27. The van der Waals surface area contributed by atoms with Crippen molar-refractivity contribution in [1.29, 1.82) is 0 Å². The molecule has 8 nitrogen and oxygen atoms in total. The zero-order chi connectivity index (χ0) is 22.0. The third-order valence-corrected chi connectivity index (χ3v) is 4.57. The number of aliphatic imine (C=N–C) groups is 1. The molecule has 1 aromatic heterocycles. The number of fused-ring (bicyclic) bond motifs is 1. The summed E-state index contributed by atoms with van der Waals surface area (Å²) in [6.45, 7) is 3.91. The highest BCUT2D eigenvalue weighted by atomic mass is 16.6. The summed E-state index contributed by atoms with van der Waals surface area (Å²) in [6.07, 6.45) is 1.29. The molecule has 4 aromatic rings. The van der Waals surface area contributed by atoms with E-state index >= 15 is 0 Å². The van der Waals surface area contributed by atoms with E-state index in [4.69, 9.17) is 9.15 Å². The lowest BCUT2D eigenvalue weighted by Crippen LogP contribution is -2.04. The zero-order valence-electron chi connectivity index (χ0n) is 16.9. The number of hydrogen-bond donors (Lipinski definition) is 0. The van der Waals surface area contributed by atoms with E-state index in [0.29, 0.717) is 22.7 Å². The topological polar surface area (TPSA) is 114 Å². The van der Waals surface area contributed by atoms with Crippen molar-refractivity contribution in [2.45, 2.75) is 13.8 Å². The molecule has 0 aliphatic heterocycles. The Morgan fingerprint density at radius 3 is 2.77 bits per heavy atom. The van der Waals surface area contributed by atoms with Crippen molar-refractivity contribution in [2.75, 3.05) is 6.61 Å². The third-order valence-electron chi connectivity index (χ3n) is 4.57. The summed E-state index contributed by atoms with van der Waals surface area (Å²) >= 11 is 0. The Bertz CT molecular complexity index is 1310. The van der Waals surface area contributed by atoms with Gasteiger partial charge >= 0.3 is 0 Å². The number of nitrogens with zero attached hydrogens (tertiary/aromatic N) is 3. The quantitative estimate of drug-likeness (QED) is 0.250. The molecule has 0 N–H and O–H groups in total. The molecule has 1 heterocycles. The summed E-state index contributed by atoms with van der Waals surface area (Å²) in [5.41, 5.74) is 3.55. The van der Waals surface area contributed by atoms with Crippen molar-refractivity contribution in [2.24, 2.45) is 4.99 Å². The van der Waals surface area contributed by atoms with Crippen LogP contribution in [0.5, 0.6) is 11.5 Å². The van der Waals surface area contributed by atoms with E-state index in [1.165, 1.54) is 12.3 Å². The lowest BCUT2D eigenvalue weighted by atomic mass is 10.1. The van der Waals surface area contributed by atoms with Crippen LogP contribution in [0.4, 0.5) is 11.4 Å². The Labute approximate surface area is 177 Å². The predicted molar refractivity (Wildman–Crippen MR) is 115 cm³/mol. The van der Waals surface area contributed by atoms with Crippen LogP contribution in [0.3, 0.4) is 0 Å². The number of nitro groups is 1. The normalized spacial score (nSPS) is 11.3. The van der Waals surface area contributed by atoms with Gasteiger partial charge in [0.2, 0.25) is 5.89 Å². The van der Waals surface area contributed by atoms with E-state index < -0.39 is 10.7 Å². The van der Waals surface area contributed by atoms with E-state index in [-0.39, 0.29) is 23.6 Å². The molecule has 31 heavy (non-hydrogen) atoms. The standard InChI is InChI=1S/C23H19N3O5/c1-3-30-21-12-18(26(28)29)10-16(22(21)27)13-24-17-7-8-20-19(11-17)25-23(31-20)15-6-4-5-14(2)9-15/h4-13,27H,3H2,1-2H3/p-1. The summed E-state index contributed by atoms with van der Waals surface area (Å²) < 4.78 is 11.1. The fourth-order valence-corrected chi connectivity index (χ4v) is 3.11. The van der Waals surface area contributed by atoms with Gasteiger partial charge in [0.25, 0.3) is 5.69 Å². The van der Waals surface area contributed by atoms with Crippen LogP contribution in [-0.4, -0.2) is 22.7 Å². The molecule has 0 aliphatic rings. The van der Waals surface area contributed by atoms with Gasteiger partial charge in [0, 0.05) is 17.8 Å². The van der Waals surface area contributed by atoms with Gasteiger partial charge in [-0.2, -0.15) is 0 Å². The molecule has 0 unspecified atom stereocenters. The lowest BCUT2D eigenvalue weighted by Gasteiger charge is -2.16. The Kier molecular flexibility index (Phi) is 5.36. The number of non-ortho nitro benzene ring substituents is 1. The molecule has 0 amide bonds. The van der Waals surface area contributed by atoms with Crippen molar-refractivity contribution < 1.29 is 19.2 Å². The molecule has 0 bridgehead atoms. The van der Waals surface area contributed by atoms with Gasteiger partial charge in [-0.3, -0.25) is 15.1 Å². The van der Waals surface area contributed by atoms with Gasteiger partial charge in [0.15, 0.2) is 5.58 Å². The second-order valence-electron chi connectivity index (χ2n) is 6.85. The fourth-order valence-electron chi connectivity index (χ4n) is 3.11. The van der Waals surface area contributed by atoms with Crippen LogP contribution in [-0.2, 0) is 0 Å². The number of rotatable bonds is 6. The second-order valence-corrected chi connectivity index (χ2v) is 6.85. The Balaban J connectivity index is 1.68. The SMILES string of the molecule is CCOc1cc([N+](=O)[O-])cc(C=Nc2ccc3oc(-c4cccc(C)c4)nc3c2)c1[O-]. The molecule has 4 rings (SSSR count). The van der Waals surface area contributed by atoms with Gasteiger partial charge in [-0.1, -0.05) is 23.4 Å². The van der Waals surface area contributed by atoms with Crippen LogP contribution in [0.1, 0.15) is 18.1 Å². The monoisotopic (exact) mass is 416 g/mol. The average Bonchev–Trinajstić information content (AvgIpc) is 3.18. The number of oxazole rings is 1. The molecule has 0 fully saturated rings. The first-order valence-corrected chi connectivity index (χ1v) is 9.58. The van der Waals surface area contributed by atoms with Gasteiger partial charge in [0.1, 0.15) is 11.3 Å². The molecule has 3 aromatic carbocycles. The van der Waals surface area contributed by atoms with Gasteiger partial charge in [-0.05, 0) is 49.7 Å². The first-order valence-electron chi connectivity index (χ1n) is 9.58. The summed E-state index contributed by atoms with van der Waals surface area (Å²) in [5, 5.41) is 23.7. The zero-order valence-corrected chi connectivity index (χ0v) is 16.9. The van der Waals surface area contributed by atoms with E-state index in [9.17, 15) is 15.2 Å². The highest BCUT2D eigenvalue weighted by Gasteiger charge is 2.12. The van der Waals surface area contributed by atoms with Crippen LogP contribution < -0.4 is 9.84 Å². The van der Waals surface area contributed by atoms with Crippen LogP contribution in [0.15, 0.2) is 64.0 Å². The Morgan fingerprint density at radius 1 is 1.19 bits per heavy atom. The van der Waals surface area contributed by atoms with Crippen LogP contribution in [0.2, 0.25) is 0 Å². The van der Waals surface area contributed by atoms with E-state index in [1.807, 2.05) is 31.2 Å². The largest absolute Gasteiger partial charge is 0.870 e. The number of ether oxygens (including phenoxy) is 1. The molecule has 0 radical (unpaired) electrons. The van der Waals surface area contributed by atoms with Crippen molar-refractivity contribution in [1.82, 2.24) is 4.98 Å². The average molecular weight is 416 g/mol. The highest BCUT2D eigenvalue weighted by Crippen LogP contribution is 2.32. The van der Waals surface area contributed by atoms with Gasteiger partial charge in [0.05, 0.1) is 23.3 Å². The third kappa shape index (κ3) is 4.23. The molecule has 0 saturated heterocycles. The van der Waals surface area contributed by atoms with Crippen molar-refractivity contribution in [3.8, 4) is 23.0 Å². The smallest absolute Gasteiger partial charge is 0.273 e. The first kappa shape index (κ1) is 20.1. The summed E-state index contributed by atoms with van der Waals surface area (Å²) in [6, 6.07) is 15.3. The van der Waals surface area contributed by atoms with Crippen molar-refractivity contribution in [3.63, 3.8) is 0 Å². The number of benzene rings is 3. The highest BCUT2D eigenvalue weighted by molar-refractivity contribution is 5.89. The van der Waals surface area contributed by atoms with Gasteiger partial charge in [-0.15, -0.1) is 0 Å². The molecule has 0 aliphatic carbocycles. The van der Waals surface area contributed by atoms with Gasteiger partial charge in [-0.25, -0.2) is 4.98 Å². The van der Waals surface area contributed by atoms with Crippen molar-refractivity contribution >= 4 is 28.7 Å². The number of aromatic nitrogens is 1. The lowest BCUT2D eigenvalue weighted by molar-refractivity contribution is -0.385. The minimum absolute atomic E-state index is 0.0679. The maximum atomic E-state index is 12.5. The molecular weight excluding hydrogens is 398 g/mol. The minimum Gasteiger partial charge on any atom is -0.870 e. The summed E-state index contributed by atoms with van der Waals surface area (Å²) in [5.74, 6) is -0.0324. The molecule has 0 saturated carbocycles. The van der Waals surface area contributed by atoms with Crippen LogP contribution in [0, 0.1) is 17.0 Å². The molecule has 8 heteroatoms. The van der Waals surface area contributed by atoms with Gasteiger partial charge < -0.3 is 14.3 Å². The van der Waals surface area contributed by atoms with E-state index in [0.717, 1.165) is 17.2 Å². The number of hydrogen-bond acceptors (Lipinski definition) is 7. The Morgan fingerprint density at radius 2 is 2.03 bits per heavy atom. The molecule has 156 valence electrons. The fraction of sp³-hybridized carbons (Fsp3) is 0.130. The first-order chi connectivity index (χ1) is 14.9. The predicted octanol–water partition coefficient (Wildman–Crippen LogP) is 4.93. The number of aryl methyl sites for hydroxylation is 1. The molecular formula is C23H18N3O5-. The van der Waals surface area contributed by atoms with Crippen LogP contribution in [0.25, 0.3) is 22.6 Å². The molecule has 0 spiro atoms. The van der Waals surface area contributed by atoms with E-state index in [1.54, 1.807) is 25.1 Å². The van der Waals surface area contributed by atoms with Crippen LogP contribution >= 0.6 is 0 Å². The maximum absolute atomic E-state index is 12.5. The number of nitro benzene ring substituents is 1. The van der Waals surface area contributed by atoms with E-state index in [2.05, 4.69) is 9.98 Å². The molecule has 0 atom stereocenters. The van der Waals surface area contributed by atoms with Crippen molar-refractivity contribution in [3.05, 3.63) is 75.8 Å². The summed E-state index contributed by atoms with van der Waals surface area (Å²) in [7, 11) is 0.